The van der Waals surface area contributed by atoms with Crippen molar-refractivity contribution in [1.29, 1.82) is 5.26 Å². The number of fused-ring (bicyclic) bond motifs is 1. The Hall–Kier alpha value is -5.12. The number of hydrogen-bond acceptors (Lipinski definition) is 7. The van der Waals surface area contributed by atoms with Crippen LogP contribution < -0.4 is 25.2 Å². The first-order chi connectivity index (χ1) is 27.2. The second kappa shape index (κ2) is 16.5. The SMILES string of the molecule is N#Cc1ccc(O[C@H]2CC[C@H](NC(=O)c3ccc(N4CCC(CN5CCC(n6ccc7c(N8CCC(=O)NC8=O)cccc76)CC5)CC4)c(F)c3)CC2)cc1Cl. The number of likely N-dealkylation sites (tertiary alicyclic amines) is 1. The predicted octanol–water partition coefficient (Wildman–Crippen LogP) is 7.43. The number of carbonyl (C=O) groups is 3. The van der Waals surface area contributed by atoms with E-state index in [1.165, 1.54) is 6.07 Å². The maximum atomic E-state index is 15.5. The lowest BCUT2D eigenvalue weighted by molar-refractivity contribution is -0.120. The molecular weight excluding hydrogens is 733 g/mol. The lowest BCUT2D eigenvalue weighted by atomic mass is 9.92. The van der Waals surface area contributed by atoms with Crippen molar-refractivity contribution in [1.82, 2.24) is 20.1 Å². The van der Waals surface area contributed by atoms with Gasteiger partial charge in [-0.05, 0) is 106 Å². The molecule has 11 nitrogen and oxygen atoms in total. The van der Waals surface area contributed by atoms with E-state index >= 15 is 4.39 Å². The van der Waals surface area contributed by atoms with Gasteiger partial charge in [-0.2, -0.15) is 5.26 Å². The number of rotatable bonds is 9. The van der Waals surface area contributed by atoms with Crippen molar-refractivity contribution >= 4 is 51.7 Å². The highest BCUT2D eigenvalue weighted by atomic mass is 35.5. The zero-order chi connectivity index (χ0) is 38.8. The number of hydrogen-bond donors (Lipinski definition) is 2. The van der Waals surface area contributed by atoms with Gasteiger partial charge in [0.25, 0.3) is 5.91 Å². The molecule has 0 atom stereocenters. The topological polar surface area (TPSA) is 123 Å². The first-order valence-corrected chi connectivity index (χ1v) is 20.2. The van der Waals surface area contributed by atoms with Crippen molar-refractivity contribution < 1.29 is 23.5 Å². The number of nitriles is 1. The third kappa shape index (κ3) is 8.20. The van der Waals surface area contributed by atoms with Crippen LogP contribution in [0.25, 0.3) is 10.9 Å². The van der Waals surface area contributed by atoms with Crippen LogP contribution in [0.15, 0.2) is 66.9 Å². The maximum Gasteiger partial charge on any atom is 0.328 e. The monoisotopic (exact) mass is 779 g/mol. The van der Waals surface area contributed by atoms with Gasteiger partial charge in [-0.25, -0.2) is 9.18 Å². The summed E-state index contributed by atoms with van der Waals surface area (Å²) in [7, 11) is 0. The van der Waals surface area contributed by atoms with Crippen LogP contribution in [0.1, 0.15) is 79.8 Å². The number of halogens is 2. The molecule has 3 aromatic carbocycles. The number of amides is 4. The van der Waals surface area contributed by atoms with Gasteiger partial charge in [0.1, 0.15) is 17.6 Å². The first-order valence-electron chi connectivity index (χ1n) is 19.9. The summed E-state index contributed by atoms with van der Waals surface area (Å²) in [4.78, 5) is 43.7. The quantitative estimate of drug-likeness (QED) is 0.181. The highest BCUT2D eigenvalue weighted by molar-refractivity contribution is 6.31. The Morgan fingerprint density at radius 1 is 0.911 bits per heavy atom. The van der Waals surface area contributed by atoms with Gasteiger partial charge in [-0.15, -0.1) is 0 Å². The summed E-state index contributed by atoms with van der Waals surface area (Å²) in [6, 6.07) is 20.1. The number of piperidine rings is 2. The van der Waals surface area contributed by atoms with Crippen molar-refractivity contribution in [3.05, 3.63) is 88.8 Å². The van der Waals surface area contributed by atoms with Crippen LogP contribution in [-0.4, -0.2) is 78.7 Å². The van der Waals surface area contributed by atoms with Gasteiger partial charge in [-0.3, -0.25) is 19.8 Å². The highest BCUT2D eigenvalue weighted by Gasteiger charge is 2.30. The standard InChI is InChI=1S/C43H47ClFN7O4/c44-36-25-34(8-4-30(36)26-46)56-33-9-6-31(7-10-33)47-42(54)29-5-11-40(37(45)24-29)50-20-12-28(13-21-50)27-49-18-14-32(15-19-49)51-22-16-35-38(51)2-1-3-39(35)52-23-17-41(53)48-43(52)55/h1-5,8,11,16,22,24-25,28,31-33H,6-7,9-10,12-15,17-21,23,27H2,(H,47,54)(H,48,53,55)/t31-,33-. The number of nitrogens with one attached hydrogen (secondary N) is 2. The van der Waals surface area contributed by atoms with Crippen molar-refractivity contribution in [2.75, 3.05) is 49.1 Å². The zero-order valence-electron chi connectivity index (χ0n) is 31.4. The second-order valence-corrected chi connectivity index (χ2v) is 16.0. The van der Waals surface area contributed by atoms with Gasteiger partial charge in [0.05, 0.1) is 33.6 Å². The van der Waals surface area contributed by atoms with E-state index in [2.05, 4.69) is 43.3 Å². The Balaban J connectivity index is 0.776. The third-order valence-electron chi connectivity index (χ3n) is 12.1. The third-order valence-corrected chi connectivity index (χ3v) is 12.4. The molecule has 0 unspecified atom stereocenters. The molecule has 13 heteroatoms. The van der Waals surface area contributed by atoms with Gasteiger partial charge in [0.15, 0.2) is 0 Å². The van der Waals surface area contributed by atoms with Crippen molar-refractivity contribution in [3.8, 4) is 11.8 Å². The number of ether oxygens (including phenoxy) is 1. The molecule has 4 heterocycles. The van der Waals surface area contributed by atoms with Crippen LogP contribution in [0.2, 0.25) is 5.02 Å². The maximum absolute atomic E-state index is 15.5. The number of benzene rings is 3. The molecule has 292 valence electrons. The van der Waals surface area contributed by atoms with E-state index in [-0.39, 0.29) is 35.8 Å². The Labute approximate surface area is 331 Å². The number of carbonyl (C=O) groups excluding carboxylic acids is 3. The van der Waals surface area contributed by atoms with Crippen LogP contribution >= 0.6 is 11.6 Å². The van der Waals surface area contributed by atoms with Crippen LogP contribution in [0, 0.1) is 23.1 Å². The molecular formula is C43H47ClFN7O4. The smallest absolute Gasteiger partial charge is 0.328 e. The van der Waals surface area contributed by atoms with E-state index in [0.717, 1.165) is 101 Å². The molecule has 1 saturated carbocycles. The summed E-state index contributed by atoms with van der Waals surface area (Å²) < 4.78 is 23.9. The molecule has 3 saturated heterocycles. The minimum atomic E-state index is -0.365. The van der Waals surface area contributed by atoms with E-state index in [1.54, 1.807) is 35.2 Å². The van der Waals surface area contributed by atoms with E-state index in [4.69, 9.17) is 21.6 Å². The van der Waals surface area contributed by atoms with E-state index in [9.17, 15) is 14.4 Å². The molecule has 4 aliphatic rings. The molecule has 8 rings (SSSR count). The lowest BCUT2D eigenvalue weighted by Crippen LogP contribution is -2.49. The zero-order valence-corrected chi connectivity index (χ0v) is 32.1. The summed E-state index contributed by atoms with van der Waals surface area (Å²) in [6.07, 6.45) is 9.55. The molecule has 4 fully saturated rings. The van der Waals surface area contributed by atoms with E-state index in [1.807, 2.05) is 18.2 Å². The Morgan fingerprint density at radius 3 is 2.41 bits per heavy atom. The van der Waals surface area contributed by atoms with Gasteiger partial charge in [0.2, 0.25) is 5.91 Å². The summed E-state index contributed by atoms with van der Waals surface area (Å²) >= 11 is 6.15. The average molecular weight is 780 g/mol. The van der Waals surface area contributed by atoms with Crippen molar-refractivity contribution in [3.63, 3.8) is 0 Å². The summed E-state index contributed by atoms with van der Waals surface area (Å²) in [5, 5.41) is 16.0. The number of nitrogens with zero attached hydrogens (tertiary/aromatic N) is 5. The van der Waals surface area contributed by atoms with Crippen molar-refractivity contribution in [2.45, 2.75) is 76.0 Å². The van der Waals surface area contributed by atoms with Gasteiger partial charge in [0, 0.05) is 81.0 Å². The largest absolute Gasteiger partial charge is 0.490 e. The molecule has 1 aliphatic carbocycles. The Kier molecular flexibility index (Phi) is 11.2. The van der Waals surface area contributed by atoms with Gasteiger partial charge >= 0.3 is 6.03 Å². The lowest BCUT2D eigenvalue weighted by Gasteiger charge is -2.39. The number of aromatic nitrogens is 1. The fourth-order valence-corrected chi connectivity index (χ4v) is 9.19. The van der Waals surface area contributed by atoms with Crippen LogP contribution in [-0.2, 0) is 4.79 Å². The molecule has 0 radical (unpaired) electrons. The average Bonchev–Trinajstić information content (AvgIpc) is 3.64. The Morgan fingerprint density at radius 2 is 1.70 bits per heavy atom. The van der Waals surface area contributed by atoms with Crippen molar-refractivity contribution in [2.24, 2.45) is 5.92 Å². The first kappa shape index (κ1) is 37.8. The molecule has 4 amide bonds. The summed E-state index contributed by atoms with van der Waals surface area (Å²) in [6.45, 7) is 5.02. The summed E-state index contributed by atoms with van der Waals surface area (Å²) in [5.74, 6) is 0.319. The highest BCUT2D eigenvalue weighted by Crippen LogP contribution is 2.35. The van der Waals surface area contributed by atoms with Gasteiger partial charge in [-0.1, -0.05) is 17.7 Å². The molecule has 2 N–H and O–H groups in total. The number of anilines is 2. The van der Waals surface area contributed by atoms with Crippen LogP contribution in [0.5, 0.6) is 5.75 Å². The molecule has 1 aromatic heterocycles. The fourth-order valence-electron chi connectivity index (χ4n) is 8.97. The van der Waals surface area contributed by atoms with Crippen LogP contribution in [0.3, 0.4) is 0 Å². The number of urea groups is 1. The molecule has 0 spiro atoms. The normalized spacial score (nSPS) is 21.5. The Bertz CT molecular complexity index is 2150. The minimum absolute atomic E-state index is 0.000479. The van der Waals surface area contributed by atoms with E-state index in [0.29, 0.717) is 52.5 Å². The second-order valence-electron chi connectivity index (χ2n) is 15.6. The fraction of sp³-hybridized carbons (Fsp3) is 0.442. The predicted molar refractivity (Wildman–Crippen MR) is 214 cm³/mol. The number of imide groups is 1. The molecule has 3 aliphatic heterocycles. The minimum Gasteiger partial charge on any atom is -0.490 e. The van der Waals surface area contributed by atoms with Gasteiger partial charge < -0.3 is 24.4 Å². The molecule has 4 aromatic rings. The summed E-state index contributed by atoms with van der Waals surface area (Å²) in [5.41, 5.74) is 3.24. The van der Waals surface area contributed by atoms with E-state index < -0.39 is 0 Å². The molecule has 0 bridgehead atoms. The molecule has 56 heavy (non-hydrogen) atoms. The van der Waals surface area contributed by atoms with Crippen LogP contribution in [0.4, 0.5) is 20.6 Å².